The maximum Gasteiger partial charge on any atom is 0.276 e. The van der Waals surface area contributed by atoms with Crippen molar-refractivity contribution >= 4 is 68.9 Å². The van der Waals surface area contributed by atoms with E-state index >= 15 is 0 Å². The summed E-state index contributed by atoms with van der Waals surface area (Å²) in [7, 11) is 1.47. The number of primary amides is 2. The van der Waals surface area contributed by atoms with Crippen molar-refractivity contribution in [3.05, 3.63) is 80.6 Å². The van der Waals surface area contributed by atoms with Crippen molar-refractivity contribution in [3.63, 3.8) is 0 Å². The summed E-state index contributed by atoms with van der Waals surface area (Å²) in [6, 6.07) is 7.96. The Morgan fingerprint density at radius 2 is 1.44 bits per heavy atom. The van der Waals surface area contributed by atoms with E-state index in [0.29, 0.717) is 75.1 Å². The molecule has 1 fully saturated rings. The molecule has 7 N–H and O–H groups in total. The third-order valence-corrected chi connectivity index (χ3v) is 11.5. The van der Waals surface area contributed by atoms with E-state index in [1.807, 2.05) is 44.4 Å². The van der Waals surface area contributed by atoms with Crippen LogP contribution in [-0.2, 0) is 26.1 Å². The average Bonchev–Trinajstić information content (AvgIpc) is 4.03. The molecule has 62 heavy (non-hydrogen) atoms. The molecule has 0 aliphatic carbocycles. The second-order valence-corrected chi connectivity index (χ2v) is 15.9. The molecule has 0 unspecified atom stereocenters. The fraction of sp³-hybridized carbons (Fsp3) is 0.381. The molecule has 6 aromatic rings. The molecule has 7 rings (SSSR count). The molecule has 0 atom stereocenters. The lowest BCUT2D eigenvalue weighted by molar-refractivity contribution is 0.0991. The lowest BCUT2D eigenvalue weighted by atomic mass is 10.1. The van der Waals surface area contributed by atoms with E-state index in [1.165, 1.54) is 24.5 Å². The third kappa shape index (κ3) is 9.31. The number of imidazole rings is 2. The van der Waals surface area contributed by atoms with E-state index in [1.54, 1.807) is 33.5 Å². The van der Waals surface area contributed by atoms with Gasteiger partial charge in [0.1, 0.15) is 33.1 Å². The fourth-order valence-corrected chi connectivity index (χ4v) is 8.40. The highest BCUT2D eigenvalue weighted by Crippen LogP contribution is 2.33. The van der Waals surface area contributed by atoms with Gasteiger partial charge in [0, 0.05) is 63.5 Å². The number of nitrogens with two attached hydrogens (primary N) is 2. The Morgan fingerprint density at radius 3 is 2.02 bits per heavy atom. The van der Waals surface area contributed by atoms with Crippen LogP contribution in [0, 0.1) is 13.8 Å². The van der Waals surface area contributed by atoms with Crippen LogP contribution in [-0.4, -0.2) is 109 Å². The highest BCUT2D eigenvalue weighted by Gasteiger charge is 2.24. The first-order valence-corrected chi connectivity index (χ1v) is 21.3. The van der Waals surface area contributed by atoms with E-state index in [4.69, 9.17) is 30.9 Å². The van der Waals surface area contributed by atoms with Crippen LogP contribution in [0.4, 0.5) is 11.9 Å². The number of aryl methyl sites for hydroxylation is 4. The van der Waals surface area contributed by atoms with Crippen LogP contribution in [0.1, 0.15) is 77.5 Å². The maximum atomic E-state index is 13.8. The zero-order valence-electron chi connectivity index (χ0n) is 35.4. The number of amides is 4. The van der Waals surface area contributed by atoms with Crippen molar-refractivity contribution in [1.29, 1.82) is 0 Å². The van der Waals surface area contributed by atoms with Crippen LogP contribution in [0.15, 0.2) is 42.5 Å². The highest BCUT2D eigenvalue weighted by molar-refractivity contribution is 7.13. The lowest BCUT2D eigenvalue weighted by Gasteiger charge is -2.27. The Balaban J connectivity index is 1.25. The second kappa shape index (κ2) is 19.0. The number of carbonyl (C=O) groups is 4. The number of hydrogen-bond donors (Lipinski definition) is 5. The summed E-state index contributed by atoms with van der Waals surface area (Å²) in [5.41, 5.74) is 15.4. The van der Waals surface area contributed by atoms with Gasteiger partial charge in [-0.25, -0.2) is 15.0 Å². The van der Waals surface area contributed by atoms with E-state index in [0.717, 1.165) is 44.2 Å². The lowest BCUT2D eigenvalue weighted by Crippen LogP contribution is -2.43. The molecule has 2 aromatic carbocycles. The molecule has 4 amide bonds. The van der Waals surface area contributed by atoms with Crippen molar-refractivity contribution < 1.29 is 28.7 Å². The predicted molar refractivity (Wildman–Crippen MR) is 236 cm³/mol. The summed E-state index contributed by atoms with van der Waals surface area (Å²) >= 11 is 1.30. The minimum atomic E-state index is -0.662. The Hall–Kier alpha value is -6.64. The van der Waals surface area contributed by atoms with Gasteiger partial charge < -0.3 is 40.3 Å². The third-order valence-electron chi connectivity index (χ3n) is 10.5. The van der Waals surface area contributed by atoms with Crippen molar-refractivity contribution in [2.45, 2.75) is 60.2 Å². The SMILES string of the molecule is CCc1nc(C)sc1C(=O)Nc1nc2cc(C(N)=O)cc(OCCCN3CCNCC3)c2n1C/C=C/Cn1c(NC(=O)c2cc(C)nn2CC)nc2cc(C(N)=O)cc(OC)c21. The fourth-order valence-electron chi connectivity index (χ4n) is 7.50. The number of benzene rings is 2. The monoisotopic (exact) mass is 865 g/mol. The molecule has 0 bridgehead atoms. The van der Waals surface area contributed by atoms with Gasteiger partial charge in [-0.1, -0.05) is 19.1 Å². The minimum Gasteiger partial charge on any atom is -0.494 e. The highest BCUT2D eigenvalue weighted by atomic mass is 32.1. The quantitative estimate of drug-likeness (QED) is 0.0611. The molecular weight excluding hydrogens is 815 g/mol. The van der Waals surface area contributed by atoms with Crippen LogP contribution >= 0.6 is 11.3 Å². The molecule has 1 aliphatic heterocycles. The number of thiazole rings is 1. The Labute approximate surface area is 361 Å². The summed E-state index contributed by atoms with van der Waals surface area (Å²) in [6.45, 7) is 13.3. The number of carbonyl (C=O) groups excluding carboxylic acids is 4. The van der Waals surface area contributed by atoms with E-state index in [2.05, 4.69) is 30.9 Å². The molecule has 1 aliphatic rings. The van der Waals surface area contributed by atoms with Crippen LogP contribution in [0.3, 0.4) is 0 Å². The number of rotatable bonds is 18. The number of ether oxygens (including phenoxy) is 2. The zero-order chi connectivity index (χ0) is 44.1. The van der Waals surface area contributed by atoms with Crippen LogP contribution in [0.2, 0.25) is 0 Å². The zero-order valence-corrected chi connectivity index (χ0v) is 36.2. The van der Waals surface area contributed by atoms with Gasteiger partial charge in [0.05, 0.1) is 41.1 Å². The largest absolute Gasteiger partial charge is 0.494 e. The van der Waals surface area contributed by atoms with Gasteiger partial charge in [0.2, 0.25) is 23.7 Å². The normalized spacial score (nSPS) is 13.3. The topological polar surface area (TPSA) is 244 Å². The Kier molecular flexibility index (Phi) is 13.3. The minimum absolute atomic E-state index is 0.181. The van der Waals surface area contributed by atoms with Crippen molar-refractivity contribution in [2.24, 2.45) is 11.5 Å². The van der Waals surface area contributed by atoms with Gasteiger partial charge in [0.25, 0.3) is 11.8 Å². The standard InChI is InChI=1S/C42H51N13O6S/c1-6-28-36(62-25(4)46-28)40(59)50-42-48-30-21-27(38(44)57)23-33(61-18-10-13-52-16-11-45-12-17-52)35(30)54(42)15-9-8-14-53-34-29(20-26(37(43)56)22-32(34)60-5)47-41(53)49-39(58)31-19-24(3)51-55(31)7-2/h8-9,19-23,45H,6-7,10-18H2,1-5H3,(H2,43,56)(H2,44,57)(H,47,49,58)(H,48,50,59)/b9-8+. The smallest absolute Gasteiger partial charge is 0.276 e. The van der Waals surface area contributed by atoms with Gasteiger partial charge in [0.15, 0.2) is 0 Å². The molecular formula is C42H51N13O6S. The predicted octanol–water partition coefficient (Wildman–Crippen LogP) is 3.88. The average molecular weight is 866 g/mol. The van der Waals surface area contributed by atoms with Crippen molar-refractivity contribution in [1.82, 2.24) is 44.1 Å². The van der Waals surface area contributed by atoms with Crippen molar-refractivity contribution in [2.75, 3.05) is 57.1 Å². The Bertz CT molecular complexity index is 2690. The summed E-state index contributed by atoms with van der Waals surface area (Å²) < 4.78 is 17.3. The number of anilines is 2. The molecule has 326 valence electrons. The van der Waals surface area contributed by atoms with Gasteiger partial charge in [-0.2, -0.15) is 5.10 Å². The van der Waals surface area contributed by atoms with Gasteiger partial charge in [-0.05, 0) is 63.9 Å². The summed E-state index contributed by atoms with van der Waals surface area (Å²) in [5.74, 6) is -0.966. The summed E-state index contributed by atoms with van der Waals surface area (Å²) in [6.07, 6.45) is 5.05. The number of aromatic nitrogens is 7. The second-order valence-electron chi connectivity index (χ2n) is 14.7. The van der Waals surface area contributed by atoms with Crippen LogP contribution in [0.25, 0.3) is 22.1 Å². The molecule has 20 heteroatoms. The molecule has 1 saturated heterocycles. The first-order valence-electron chi connectivity index (χ1n) is 20.4. The van der Waals surface area contributed by atoms with Crippen LogP contribution < -0.4 is 36.9 Å². The van der Waals surface area contributed by atoms with E-state index in [-0.39, 0.29) is 42.0 Å². The van der Waals surface area contributed by atoms with Crippen LogP contribution in [0.5, 0.6) is 11.5 Å². The molecule has 0 spiro atoms. The first-order chi connectivity index (χ1) is 29.9. The molecule has 0 radical (unpaired) electrons. The molecule has 5 heterocycles. The molecule has 0 saturated carbocycles. The number of piperazine rings is 1. The molecule has 4 aromatic heterocycles. The van der Waals surface area contributed by atoms with Gasteiger partial charge in [-0.15, -0.1) is 11.3 Å². The molecule has 19 nitrogen and oxygen atoms in total. The summed E-state index contributed by atoms with van der Waals surface area (Å²) in [4.78, 5) is 69.2. The van der Waals surface area contributed by atoms with E-state index < -0.39 is 17.7 Å². The first kappa shape index (κ1) is 43.4. The van der Waals surface area contributed by atoms with Crippen molar-refractivity contribution in [3.8, 4) is 11.5 Å². The number of allylic oxidation sites excluding steroid dienone is 2. The number of fused-ring (bicyclic) bond motifs is 2. The summed E-state index contributed by atoms with van der Waals surface area (Å²) in [5, 5.41) is 14.5. The number of hydrogen-bond acceptors (Lipinski definition) is 13. The number of nitrogens with one attached hydrogen (secondary N) is 3. The van der Waals surface area contributed by atoms with Gasteiger partial charge >= 0.3 is 0 Å². The maximum absolute atomic E-state index is 13.8. The van der Waals surface area contributed by atoms with Gasteiger partial charge in [-0.3, -0.25) is 34.5 Å². The Morgan fingerprint density at radius 1 is 0.839 bits per heavy atom. The number of nitrogens with zero attached hydrogens (tertiary/aromatic N) is 8. The van der Waals surface area contributed by atoms with E-state index in [9.17, 15) is 19.2 Å². The number of methoxy groups -OCH3 is 1.